The Labute approximate surface area is 130 Å². The van der Waals surface area contributed by atoms with E-state index in [0.29, 0.717) is 16.3 Å². The molecule has 0 atom stereocenters. The molecule has 2 rings (SSSR count). The van der Waals surface area contributed by atoms with E-state index >= 15 is 0 Å². The number of halogens is 1. The number of carbonyl (C=O) groups excluding carboxylic acids is 1. The van der Waals surface area contributed by atoms with Crippen LogP contribution in [0.15, 0.2) is 30.5 Å². The van der Waals surface area contributed by atoms with Crippen molar-refractivity contribution in [3.63, 3.8) is 0 Å². The molecule has 0 fully saturated rings. The second-order valence-electron chi connectivity index (χ2n) is 6.54. The van der Waals surface area contributed by atoms with E-state index < -0.39 is 0 Å². The Bertz CT molecular complexity index is 648. The minimum atomic E-state index is -0.0911. The molecule has 0 aliphatic rings. The maximum atomic E-state index is 12.7. The van der Waals surface area contributed by atoms with Gasteiger partial charge in [-0.2, -0.15) is 5.10 Å². The van der Waals surface area contributed by atoms with Crippen LogP contribution in [0.2, 0.25) is 5.02 Å². The Kier molecular flexibility index (Phi) is 4.24. The Morgan fingerprint density at radius 1 is 1.19 bits per heavy atom. The molecular weight excluding hydrogens is 284 g/mol. The van der Waals surface area contributed by atoms with E-state index in [2.05, 4.69) is 25.9 Å². The second-order valence-corrected chi connectivity index (χ2v) is 6.94. The summed E-state index contributed by atoms with van der Waals surface area (Å²) in [7, 11) is 0. The van der Waals surface area contributed by atoms with Gasteiger partial charge in [-0.3, -0.25) is 9.48 Å². The van der Waals surface area contributed by atoms with Crippen LogP contribution in [0, 0.1) is 0 Å². The fraction of sp³-hybridized carbons (Fsp3) is 0.412. The predicted molar refractivity (Wildman–Crippen MR) is 86.2 cm³/mol. The van der Waals surface area contributed by atoms with E-state index in [-0.39, 0.29) is 17.2 Å². The van der Waals surface area contributed by atoms with Crippen molar-refractivity contribution in [2.24, 2.45) is 0 Å². The van der Waals surface area contributed by atoms with Gasteiger partial charge in [0.05, 0.1) is 11.2 Å². The highest BCUT2D eigenvalue weighted by Gasteiger charge is 2.21. The zero-order chi connectivity index (χ0) is 15.8. The highest BCUT2D eigenvalue weighted by atomic mass is 35.5. The molecular formula is C17H21ClN2O. The summed E-state index contributed by atoms with van der Waals surface area (Å²) in [5.74, 6) is -0.0911. The summed E-state index contributed by atoms with van der Waals surface area (Å²) in [6.07, 6.45) is 1.53. The minimum Gasteiger partial charge on any atom is -0.287 e. The Morgan fingerprint density at radius 3 is 2.24 bits per heavy atom. The largest absolute Gasteiger partial charge is 0.287 e. The Balaban J connectivity index is 2.39. The number of hydrogen-bond donors (Lipinski definition) is 0. The molecule has 1 heterocycles. The average Bonchev–Trinajstić information content (AvgIpc) is 2.79. The molecule has 0 amide bonds. The molecule has 0 unspecified atom stereocenters. The fourth-order valence-electron chi connectivity index (χ4n) is 2.20. The van der Waals surface area contributed by atoms with Crippen molar-refractivity contribution in [1.82, 2.24) is 9.78 Å². The first-order valence-corrected chi connectivity index (χ1v) is 7.48. The fourth-order valence-corrected chi connectivity index (χ4v) is 2.42. The number of rotatable bonds is 3. The SMILES string of the molecule is CC(C)n1ncc(Cl)c1C(=O)c1ccc(C(C)(C)C)cc1. The summed E-state index contributed by atoms with van der Waals surface area (Å²) in [4.78, 5) is 12.7. The van der Waals surface area contributed by atoms with Gasteiger partial charge in [0.15, 0.2) is 0 Å². The molecule has 112 valence electrons. The lowest BCUT2D eigenvalue weighted by Crippen LogP contribution is -2.15. The van der Waals surface area contributed by atoms with Crippen LogP contribution in [0.3, 0.4) is 0 Å². The summed E-state index contributed by atoms with van der Waals surface area (Å²) in [6.45, 7) is 10.4. The van der Waals surface area contributed by atoms with Crippen LogP contribution in [0.25, 0.3) is 0 Å². The molecule has 1 aromatic heterocycles. The first-order chi connectivity index (χ1) is 9.71. The molecule has 0 N–H and O–H groups in total. The summed E-state index contributed by atoms with van der Waals surface area (Å²) >= 11 is 6.13. The normalized spacial score (nSPS) is 12.0. The van der Waals surface area contributed by atoms with Crippen LogP contribution >= 0.6 is 11.6 Å². The van der Waals surface area contributed by atoms with Gasteiger partial charge in [-0.1, -0.05) is 56.6 Å². The number of nitrogens with zero attached hydrogens (tertiary/aromatic N) is 2. The number of hydrogen-bond acceptors (Lipinski definition) is 2. The molecule has 0 aliphatic heterocycles. The van der Waals surface area contributed by atoms with Crippen LogP contribution in [0.1, 0.15) is 62.3 Å². The van der Waals surface area contributed by atoms with Gasteiger partial charge in [0, 0.05) is 11.6 Å². The maximum Gasteiger partial charge on any atom is 0.212 e. The molecule has 3 nitrogen and oxygen atoms in total. The molecule has 2 aromatic rings. The zero-order valence-corrected chi connectivity index (χ0v) is 13.9. The third kappa shape index (κ3) is 3.18. The van der Waals surface area contributed by atoms with Crippen molar-refractivity contribution >= 4 is 17.4 Å². The lowest BCUT2D eigenvalue weighted by molar-refractivity contribution is 0.102. The number of aromatic nitrogens is 2. The lowest BCUT2D eigenvalue weighted by Gasteiger charge is -2.19. The van der Waals surface area contributed by atoms with Gasteiger partial charge in [0.2, 0.25) is 5.78 Å². The van der Waals surface area contributed by atoms with Crippen molar-refractivity contribution in [2.75, 3.05) is 0 Å². The summed E-state index contributed by atoms with van der Waals surface area (Å²) in [5, 5.41) is 4.58. The third-order valence-corrected chi connectivity index (χ3v) is 3.74. The predicted octanol–water partition coefficient (Wildman–Crippen LogP) is 4.65. The van der Waals surface area contributed by atoms with Gasteiger partial charge in [-0.25, -0.2) is 0 Å². The summed E-state index contributed by atoms with van der Waals surface area (Å²) in [5.41, 5.74) is 2.35. The average molecular weight is 305 g/mol. The van der Waals surface area contributed by atoms with Crippen LogP contribution in [-0.4, -0.2) is 15.6 Å². The van der Waals surface area contributed by atoms with Gasteiger partial charge in [0.1, 0.15) is 5.69 Å². The molecule has 0 saturated carbocycles. The van der Waals surface area contributed by atoms with Crippen molar-refractivity contribution < 1.29 is 4.79 Å². The van der Waals surface area contributed by atoms with Gasteiger partial charge < -0.3 is 0 Å². The molecule has 0 aliphatic carbocycles. The molecule has 0 radical (unpaired) electrons. The zero-order valence-electron chi connectivity index (χ0n) is 13.1. The van der Waals surface area contributed by atoms with E-state index in [4.69, 9.17) is 11.6 Å². The van der Waals surface area contributed by atoms with E-state index in [1.165, 1.54) is 11.8 Å². The lowest BCUT2D eigenvalue weighted by atomic mass is 9.86. The van der Waals surface area contributed by atoms with Crippen LogP contribution < -0.4 is 0 Å². The first kappa shape index (κ1) is 15.8. The van der Waals surface area contributed by atoms with E-state index in [9.17, 15) is 4.79 Å². The summed E-state index contributed by atoms with van der Waals surface area (Å²) in [6, 6.07) is 7.80. The van der Waals surface area contributed by atoms with Crippen LogP contribution in [-0.2, 0) is 5.41 Å². The number of benzene rings is 1. The third-order valence-electron chi connectivity index (χ3n) is 3.47. The quantitative estimate of drug-likeness (QED) is 0.774. The number of carbonyl (C=O) groups is 1. The van der Waals surface area contributed by atoms with Gasteiger partial charge in [-0.15, -0.1) is 0 Å². The van der Waals surface area contributed by atoms with Crippen molar-refractivity contribution in [3.05, 3.63) is 52.3 Å². The molecule has 1 aromatic carbocycles. The molecule has 0 bridgehead atoms. The van der Waals surface area contributed by atoms with Crippen molar-refractivity contribution in [1.29, 1.82) is 0 Å². The number of ketones is 1. The second kappa shape index (κ2) is 5.64. The van der Waals surface area contributed by atoms with Gasteiger partial charge in [-0.05, 0) is 24.8 Å². The molecule has 21 heavy (non-hydrogen) atoms. The van der Waals surface area contributed by atoms with Crippen molar-refractivity contribution in [3.8, 4) is 0 Å². The molecule has 0 spiro atoms. The smallest absolute Gasteiger partial charge is 0.212 e. The monoisotopic (exact) mass is 304 g/mol. The van der Waals surface area contributed by atoms with E-state index in [1.807, 2.05) is 38.1 Å². The van der Waals surface area contributed by atoms with E-state index in [0.717, 1.165) is 0 Å². The Morgan fingerprint density at radius 2 is 1.76 bits per heavy atom. The minimum absolute atomic E-state index is 0.0684. The van der Waals surface area contributed by atoms with Crippen LogP contribution in [0.5, 0.6) is 0 Å². The van der Waals surface area contributed by atoms with Gasteiger partial charge >= 0.3 is 0 Å². The molecule has 4 heteroatoms. The standard InChI is InChI=1S/C17H21ClN2O/c1-11(2)20-15(14(18)10-19-20)16(21)12-6-8-13(9-7-12)17(3,4)5/h6-11H,1-5H3. The molecule has 0 saturated heterocycles. The first-order valence-electron chi connectivity index (χ1n) is 7.10. The van der Waals surface area contributed by atoms with E-state index in [1.54, 1.807) is 4.68 Å². The van der Waals surface area contributed by atoms with Crippen LogP contribution in [0.4, 0.5) is 0 Å². The van der Waals surface area contributed by atoms with Gasteiger partial charge in [0.25, 0.3) is 0 Å². The topological polar surface area (TPSA) is 34.9 Å². The summed E-state index contributed by atoms with van der Waals surface area (Å²) < 4.78 is 1.67. The Hall–Kier alpha value is -1.61. The highest BCUT2D eigenvalue weighted by Crippen LogP contribution is 2.25. The highest BCUT2D eigenvalue weighted by molar-refractivity contribution is 6.34. The maximum absolute atomic E-state index is 12.7. The van der Waals surface area contributed by atoms with Crippen molar-refractivity contribution in [2.45, 2.75) is 46.1 Å².